The number of carbonyl (C=O) groups is 3. The first-order valence-corrected chi connectivity index (χ1v) is 10.1. The Balaban J connectivity index is 1.36. The number of urea groups is 1. The van der Waals surface area contributed by atoms with Gasteiger partial charge >= 0.3 is 6.03 Å². The highest BCUT2D eigenvalue weighted by Crippen LogP contribution is 2.40. The number of amides is 4. The molecule has 3 aliphatic rings. The standard InChI is InChI=1S/C21H28N4O3/c1-23-14-17(22-20(23)28)19(27)24-11-9-21(10-12-24)8-7-18(26)25(15-21)13-16-5-3-2-4-6-16/h2-6,17H,7-15H2,1H3,(H,22,28)/t17-/m1/s1. The van der Waals surface area contributed by atoms with E-state index in [9.17, 15) is 14.4 Å². The van der Waals surface area contributed by atoms with Crippen LogP contribution in [0.4, 0.5) is 4.79 Å². The molecule has 1 atom stereocenters. The van der Waals surface area contributed by atoms with E-state index in [2.05, 4.69) is 17.4 Å². The molecule has 1 aromatic carbocycles. The Bertz CT molecular complexity index is 758. The molecule has 150 valence electrons. The lowest BCUT2D eigenvalue weighted by Crippen LogP contribution is -2.54. The minimum absolute atomic E-state index is 0.0144. The molecule has 7 heteroatoms. The molecule has 7 nitrogen and oxygen atoms in total. The third-order valence-corrected chi connectivity index (χ3v) is 6.50. The van der Waals surface area contributed by atoms with Crippen molar-refractivity contribution in [1.82, 2.24) is 20.0 Å². The van der Waals surface area contributed by atoms with Crippen molar-refractivity contribution in [2.45, 2.75) is 38.3 Å². The van der Waals surface area contributed by atoms with Gasteiger partial charge in [0, 0.05) is 39.6 Å². The molecule has 0 aromatic heterocycles. The van der Waals surface area contributed by atoms with E-state index in [0.717, 1.165) is 31.4 Å². The van der Waals surface area contributed by atoms with Crippen molar-refractivity contribution in [3.8, 4) is 0 Å². The van der Waals surface area contributed by atoms with E-state index in [1.807, 2.05) is 28.0 Å². The predicted octanol–water partition coefficient (Wildman–Crippen LogP) is 1.44. The zero-order valence-electron chi connectivity index (χ0n) is 16.4. The van der Waals surface area contributed by atoms with Crippen LogP contribution in [0.15, 0.2) is 30.3 Å². The first kappa shape index (κ1) is 18.8. The van der Waals surface area contributed by atoms with Crippen LogP contribution >= 0.6 is 0 Å². The quantitative estimate of drug-likeness (QED) is 0.857. The summed E-state index contributed by atoms with van der Waals surface area (Å²) in [4.78, 5) is 42.2. The number of rotatable bonds is 3. The number of nitrogens with one attached hydrogen (secondary N) is 1. The van der Waals surface area contributed by atoms with Crippen molar-refractivity contribution in [2.75, 3.05) is 33.2 Å². The first-order chi connectivity index (χ1) is 13.5. The summed E-state index contributed by atoms with van der Waals surface area (Å²) >= 11 is 0. The molecule has 28 heavy (non-hydrogen) atoms. The lowest BCUT2D eigenvalue weighted by Gasteiger charge is -2.47. The van der Waals surface area contributed by atoms with Gasteiger partial charge in [-0.3, -0.25) is 9.59 Å². The van der Waals surface area contributed by atoms with Crippen LogP contribution in [-0.4, -0.2) is 71.8 Å². The monoisotopic (exact) mass is 384 g/mol. The van der Waals surface area contributed by atoms with Crippen molar-refractivity contribution in [3.05, 3.63) is 35.9 Å². The molecule has 4 amide bonds. The smallest absolute Gasteiger partial charge is 0.317 e. The fraction of sp³-hybridized carbons (Fsp3) is 0.571. The molecular formula is C21H28N4O3. The van der Waals surface area contributed by atoms with E-state index >= 15 is 0 Å². The predicted molar refractivity (Wildman–Crippen MR) is 104 cm³/mol. The molecule has 0 bridgehead atoms. The first-order valence-electron chi connectivity index (χ1n) is 10.1. The van der Waals surface area contributed by atoms with Gasteiger partial charge in [0.2, 0.25) is 11.8 Å². The van der Waals surface area contributed by atoms with Crippen molar-refractivity contribution in [1.29, 1.82) is 0 Å². The highest BCUT2D eigenvalue weighted by atomic mass is 16.2. The van der Waals surface area contributed by atoms with Gasteiger partial charge in [0.25, 0.3) is 0 Å². The van der Waals surface area contributed by atoms with Crippen LogP contribution in [0.2, 0.25) is 0 Å². The maximum Gasteiger partial charge on any atom is 0.317 e. The van der Waals surface area contributed by atoms with Crippen LogP contribution < -0.4 is 5.32 Å². The number of nitrogens with zero attached hydrogens (tertiary/aromatic N) is 3. The molecule has 0 aliphatic carbocycles. The molecule has 3 fully saturated rings. The second-order valence-electron chi connectivity index (χ2n) is 8.44. The number of likely N-dealkylation sites (N-methyl/N-ethyl adjacent to an activating group) is 1. The maximum absolute atomic E-state index is 12.7. The van der Waals surface area contributed by atoms with Gasteiger partial charge in [-0.2, -0.15) is 0 Å². The van der Waals surface area contributed by atoms with Gasteiger partial charge in [0.1, 0.15) is 6.04 Å². The highest BCUT2D eigenvalue weighted by Gasteiger charge is 2.43. The molecule has 3 heterocycles. The summed E-state index contributed by atoms with van der Waals surface area (Å²) in [5.74, 6) is 0.241. The Morgan fingerprint density at radius 3 is 2.50 bits per heavy atom. The number of hydrogen-bond donors (Lipinski definition) is 1. The Morgan fingerprint density at radius 2 is 1.86 bits per heavy atom. The van der Waals surface area contributed by atoms with Crippen molar-refractivity contribution in [2.24, 2.45) is 5.41 Å². The van der Waals surface area contributed by atoms with Crippen LogP contribution in [0.1, 0.15) is 31.2 Å². The van der Waals surface area contributed by atoms with Gasteiger partial charge in [-0.15, -0.1) is 0 Å². The molecule has 4 rings (SSSR count). The molecule has 1 N–H and O–H groups in total. The van der Waals surface area contributed by atoms with Gasteiger partial charge in [-0.25, -0.2) is 4.79 Å². The highest BCUT2D eigenvalue weighted by molar-refractivity contribution is 5.90. The van der Waals surface area contributed by atoms with E-state index in [4.69, 9.17) is 0 Å². The summed E-state index contributed by atoms with van der Waals surface area (Å²) in [5, 5.41) is 2.75. The maximum atomic E-state index is 12.7. The summed E-state index contributed by atoms with van der Waals surface area (Å²) < 4.78 is 0. The zero-order chi connectivity index (χ0) is 19.7. The number of likely N-dealkylation sites (tertiary alicyclic amines) is 2. The van der Waals surface area contributed by atoms with Crippen LogP contribution in [0.3, 0.4) is 0 Å². The lowest BCUT2D eigenvalue weighted by atomic mass is 9.72. The SMILES string of the molecule is CN1C[C@H](C(=O)N2CCC3(CCC(=O)N(Cc4ccccc4)C3)CC2)NC1=O. The minimum Gasteiger partial charge on any atom is -0.341 e. The molecule has 0 radical (unpaired) electrons. The van der Waals surface area contributed by atoms with E-state index in [-0.39, 0.29) is 23.3 Å². The van der Waals surface area contributed by atoms with Crippen molar-refractivity contribution >= 4 is 17.8 Å². The molecule has 3 saturated heterocycles. The average Bonchev–Trinajstić information content (AvgIpc) is 3.04. The second-order valence-corrected chi connectivity index (χ2v) is 8.44. The van der Waals surface area contributed by atoms with E-state index < -0.39 is 6.04 Å². The third kappa shape index (κ3) is 3.70. The molecule has 3 aliphatic heterocycles. The van der Waals surface area contributed by atoms with Gasteiger partial charge < -0.3 is 20.0 Å². The minimum atomic E-state index is -0.436. The lowest BCUT2D eigenvalue weighted by molar-refractivity contribution is -0.143. The fourth-order valence-corrected chi connectivity index (χ4v) is 4.68. The molecular weight excluding hydrogens is 356 g/mol. The number of piperidine rings is 2. The van der Waals surface area contributed by atoms with Gasteiger partial charge in [-0.05, 0) is 30.2 Å². The van der Waals surface area contributed by atoms with Crippen LogP contribution in [-0.2, 0) is 16.1 Å². The van der Waals surface area contributed by atoms with Gasteiger partial charge in [0.05, 0.1) is 6.54 Å². The van der Waals surface area contributed by atoms with Gasteiger partial charge in [-0.1, -0.05) is 30.3 Å². The second kappa shape index (κ2) is 7.45. The average molecular weight is 384 g/mol. The van der Waals surface area contributed by atoms with Crippen LogP contribution in [0.25, 0.3) is 0 Å². The van der Waals surface area contributed by atoms with Crippen LogP contribution in [0, 0.1) is 5.41 Å². The Labute approximate surface area is 165 Å². The number of hydrogen-bond acceptors (Lipinski definition) is 3. The van der Waals surface area contributed by atoms with Crippen molar-refractivity contribution in [3.63, 3.8) is 0 Å². The molecule has 0 unspecified atom stereocenters. The zero-order valence-corrected chi connectivity index (χ0v) is 16.4. The summed E-state index contributed by atoms with van der Waals surface area (Å²) in [6, 6.07) is 9.49. The summed E-state index contributed by atoms with van der Waals surface area (Å²) in [6.07, 6.45) is 3.31. The summed E-state index contributed by atoms with van der Waals surface area (Å²) in [6.45, 7) is 3.25. The largest absolute Gasteiger partial charge is 0.341 e. The number of benzene rings is 1. The van der Waals surface area contributed by atoms with E-state index in [1.54, 1.807) is 11.9 Å². The fourth-order valence-electron chi connectivity index (χ4n) is 4.68. The summed E-state index contributed by atoms with van der Waals surface area (Å²) in [5.41, 5.74) is 1.26. The molecule has 0 saturated carbocycles. The normalized spacial score (nSPS) is 24.6. The summed E-state index contributed by atoms with van der Waals surface area (Å²) in [7, 11) is 1.70. The third-order valence-electron chi connectivity index (χ3n) is 6.50. The molecule has 1 spiro atoms. The topological polar surface area (TPSA) is 73.0 Å². The molecule has 1 aromatic rings. The van der Waals surface area contributed by atoms with E-state index in [1.165, 1.54) is 0 Å². The van der Waals surface area contributed by atoms with Crippen LogP contribution in [0.5, 0.6) is 0 Å². The Hall–Kier alpha value is -2.57. The Kier molecular flexibility index (Phi) is 5.00. The Morgan fingerprint density at radius 1 is 1.14 bits per heavy atom. The number of carbonyl (C=O) groups excluding carboxylic acids is 3. The van der Waals surface area contributed by atoms with E-state index in [0.29, 0.717) is 32.6 Å². The van der Waals surface area contributed by atoms with Gasteiger partial charge in [0.15, 0.2) is 0 Å². The van der Waals surface area contributed by atoms with Crippen molar-refractivity contribution < 1.29 is 14.4 Å².